The molecular formula is C16H11N3O. The Labute approximate surface area is 115 Å². The molecule has 4 nitrogen and oxygen atoms in total. The number of fused-ring (bicyclic) bond motifs is 1. The Morgan fingerprint density at radius 2 is 1.85 bits per heavy atom. The fraction of sp³-hybridized carbons (Fsp3) is 0.0625. The van der Waals surface area contributed by atoms with Gasteiger partial charge in [0.05, 0.1) is 29.9 Å². The smallest absolute Gasteiger partial charge is 0.207 e. The van der Waals surface area contributed by atoms with Crippen molar-refractivity contribution >= 4 is 10.9 Å². The second kappa shape index (κ2) is 4.98. The third-order valence-corrected chi connectivity index (χ3v) is 3.22. The van der Waals surface area contributed by atoms with E-state index in [4.69, 9.17) is 5.26 Å². The topological polar surface area (TPSA) is 58.7 Å². The van der Waals surface area contributed by atoms with E-state index in [9.17, 15) is 4.79 Å². The summed E-state index contributed by atoms with van der Waals surface area (Å²) in [6, 6.07) is 16.9. The van der Waals surface area contributed by atoms with Gasteiger partial charge in [-0.2, -0.15) is 10.4 Å². The first-order valence-corrected chi connectivity index (χ1v) is 6.22. The van der Waals surface area contributed by atoms with E-state index in [-0.39, 0.29) is 5.43 Å². The lowest BCUT2D eigenvalue weighted by atomic mass is 10.1. The summed E-state index contributed by atoms with van der Waals surface area (Å²) in [7, 11) is 0. The average molecular weight is 261 g/mol. The molecule has 1 aromatic heterocycles. The summed E-state index contributed by atoms with van der Waals surface area (Å²) in [6.07, 6.45) is 1.32. The van der Waals surface area contributed by atoms with Crippen molar-refractivity contribution in [3.63, 3.8) is 0 Å². The molecule has 20 heavy (non-hydrogen) atoms. The van der Waals surface area contributed by atoms with Crippen LogP contribution in [0.15, 0.2) is 59.5 Å². The molecule has 4 heteroatoms. The molecule has 0 radical (unpaired) electrons. The highest BCUT2D eigenvalue weighted by atomic mass is 16.1. The van der Waals surface area contributed by atoms with Gasteiger partial charge in [-0.15, -0.1) is 0 Å². The molecule has 0 spiro atoms. The number of rotatable bonds is 2. The Hall–Kier alpha value is -2.93. The van der Waals surface area contributed by atoms with E-state index in [0.29, 0.717) is 17.5 Å². The zero-order valence-electron chi connectivity index (χ0n) is 10.7. The minimum absolute atomic E-state index is 0.0922. The van der Waals surface area contributed by atoms with E-state index in [0.717, 1.165) is 11.1 Å². The molecule has 0 unspecified atom stereocenters. The lowest BCUT2D eigenvalue weighted by Crippen LogP contribution is -2.13. The predicted molar refractivity (Wildman–Crippen MR) is 76.3 cm³/mol. The summed E-state index contributed by atoms with van der Waals surface area (Å²) in [5.41, 5.74) is 2.19. The van der Waals surface area contributed by atoms with Crippen molar-refractivity contribution in [1.82, 2.24) is 9.78 Å². The Balaban J connectivity index is 2.15. The molecule has 3 aromatic rings. The van der Waals surface area contributed by atoms with Crippen LogP contribution in [0.3, 0.4) is 0 Å². The van der Waals surface area contributed by atoms with Crippen molar-refractivity contribution in [2.45, 2.75) is 6.54 Å². The minimum Gasteiger partial charge on any atom is -0.287 e. The lowest BCUT2D eigenvalue weighted by molar-refractivity contribution is 0.693. The van der Waals surface area contributed by atoms with Crippen LogP contribution in [-0.2, 0) is 6.54 Å². The van der Waals surface area contributed by atoms with Crippen molar-refractivity contribution in [2.75, 3.05) is 0 Å². The number of hydrogen-bond acceptors (Lipinski definition) is 3. The zero-order chi connectivity index (χ0) is 13.9. The second-order valence-corrected chi connectivity index (χ2v) is 4.45. The van der Waals surface area contributed by atoms with E-state index < -0.39 is 0 Å². The molecule has 0 N–H and O–H groups in total. The first-order chi connectivity index (χ1) is 9.79. The molecule has 0 aliphatic heterocycles. The molecule has 3 rings (SSSR count). The highest BCUT2D eigenvalue weighted by molar-refractivity contribution is 5.78. The van der Waals surface area contributed by atoms with Gasteiger partial charge in [0.2, 0.25) is 5.43 Å². The van der Waals surface area contributed by atoms with Gasteiger partial charge in [-0.25, -0.2) is 0 Å². The van der Waals surface area contributed by atoms with E-state index in [2.05, 4.69) is 11.2 Å². The molecular weight excluding hydrogens is 250 g/mol. The van der Waals surface area contributed by atoms with Gasteiger partial charge in [-0.3, -0.25) is 9.48 Å². The molecule has 0 amide bonds. The fourth-order valence-corrected chi connectivity index (χ4v) is 2.22. The van der Waals surface area contributed by atoms with Gasteiger partial charge in [-0.05, 0) is 23.8 Å². The number of aromatic nitrogens is 2. The van der Waals surface area contributed by atoms with Crippen molar-refractivity contribution in [3.8, 4) is 6.07 Å². The van der Waals surface area contributed by atoms with Crippen LogP contribution in [0.4, 0.5) is 0 Å². The first-order valence-electron chi connectivity index (χ1n) is 6.22. The van der Waals surface area contributed by atoms with E-state index >= 15 is 0 Å². The van der Waals surface area contributed by atoms with Gasteiger partial charge >= 0.3 is 0 Å². The molecule has 0 saturated carbocycles. The molecule has 0 saturated heterocycles. The zero-order valence-corrected chi connectivity index (χ0v) is 10.7. The lowest BCUT2D eigenvalue weighted by Gasteiger charge is -2.10. The molecule has 0 aliphatic rings. The quantitative estimate of drug-likeness (QED) is 0.711. The number of nitriles is 1. The molecule has 2 aromatic carbocycles. The maximum atomic E-state index is 11.8. The third-order valence-electron chi connectivity index (χ3n) is 3.22. The van der Waals surface area contributed by atoms with Crippen LogP contribution in [0.25, 0.3) is 10.9 Å². The molecule has 0 atom stereocenters. The molecule has 0 bridgehead atoms. The minimum atomic E-state index is -0.0922. The van der Waals surface area contributed by atoms with Crippen LogP contribution in [0.2, 0.25) is 0 Å². The Bertz CT molecular complexity index is 875. The number of nitrogens with zero attached hydrogens (tertiary/aromatic N) is 3. The maximum Gasteiger partial charge on any atom is 0.207 e. The van der Waals surface area contributed by atoms with Crippen LogP contribution < -0.4 is 5.43 Å². The molecule has 0 aliphatic carbocycles. The van der Waals surface area contributed by atoms with Gasteiger partial charge in [-0.1, -0.05) is 30.3 Å². The highest BCUT2D eigenvalue weighted by Gasteiger charge is 2.06. The number of hydrogen-bond donors (Lipinski definition) is 0. The van der Waals surface area contributed by atoms with Gasteiger partial charge in [0.25, 0.3) is 0 Å². The second-order valence-electron chi connectivity index (χ2n) is 4.45. The number of para-hydroxylation sites is 1. The van der Waals surface area contributed by atoms with E-state index in [1.165, 1.54) is 6.20 Å². The summed E-state index contributed by atoms with van der Waals surface area (Å²) in [5, 5.41) is 13.9. The van der Waals surface area contributed by atoms with Gasteiger partial charge in [0.1, 0.15) is 0 Å². The fourth-order valence-electron chi connectivity index (χ4n) is 2.22. The first kappa shape index (κ1) is 12.1. The van der Waals surface area contributed by atoms with Gasteiger partial charge in [0, 0.05) is 5.39 Å². The Morgan fingerprint density at radius 3 is 2.70 bits per heavy atom. The summed E-state index contributed by atoms with van der Waals surface area (Å²) in [6.45, 7) is 0.463. The van der Waals surface area contributed by atoms with Crippen molar-refractivity contribution in [2.24, 2.45) is 0 Å². The average Bonchev–Trinajstić information content (AvgIpc) is 2.51. The van der Waals surface area contributed by atoms with Crippen molar-refractivity contribution < 1.29 is 0 Å². The monoisotopic (exact) mass is 261 g/mol. The van der Waals surface area contributed by atoms with Crippen LogP contribution in [0.1, 0.15) is 11.1 Å². The number of benzene rings is 2. The van der Waals surface area contributed by atoms with Crippen LogP contribution in [0.5, 0.6) is 0 Å². The van der Waals surface area contributed by atoms with Crippen molar-refractivity contribution in [1.29, 1.82) is 5.26 Å². The molecule has 0 fully saturated rings. The van der Waals surface area contributed by atoms with Crippen molar-refractivity contribution in [3.05, 3.63) is 76.1 Å². The van der Waals surface area contributed by atoms with E-state index in [1.807, 2.05) is 36.4 Å². The third kappa shape index (κ3) is 2.06. The normalized spacial score (nSPS) is 10.3. The standard InChI is InChI=1S/C16H11N3O/c17-9-12-5-1-2-6-13(12)11-19-15-8-4-3-7-14(15)16(20)10-18-19/h1-8,10H,11H2. The Kier molecular flexibility index (Phi) is 3.02. The highest BCUT2D eigenvalue weighted by Crippen LogP contribution is 2.13. The largest absolute Gasteiger partial charge is 0.287 e. The van der Waals surface area contributed by atoms with Crippen LogP contribution in [-0.4, -0.2) is 9.78 Å². The van der Waals surface area contributed by atoms with Crippen LogP contribution in [0, 0.1) is 11.3 Å². The molecule has 96 valence electrons. The van der Waals surface area contributed by atoms with Crippen LogP contribution >= 0.6 is 0 Å². The Morgan fingerprint density at radius 1 is 1.10 bits per heavy atom. The van der Waals surface area contributed by atoms with Gasteiger partial charge in [0.15, 0.2) is 0 Å². The summed E-state index contributed by atoms with van der Waals surface area (Å²) in [5.74, 6) is 0. The summed E-state index contributed by atoms with van der Waals surface area (Å²) < 4.78 is 1.74. The molecule has 1 heterocycles. The van der Waals surface area contributed by atoms with Gasteiger partial charge < -0.3 is 0 Å². The summed E-state index contributed by atoms with van der Waals surface area (Å²) >= 11 is 0. The maximum absolute atomic E-state index is 11.8. The SMILES string of the molecule is N#Cc1ccccc1Cn1ncc(=O)c2ccccc21. The summed E-state index contributed by atoms with van der Waals surface area (Å²) in [4.78, 5) is 11.8. The predicted octanol–water partition coefficient (Wildman–Crippen LogP) is 2.32. The van der Waals surface area contributed by atoms with E-state index in [1.54, 1.807) is 16.8 Å².